The Morgan fingerprint density at radius 3 is 2.52 bits per heavy atom. The smallest absolute Gasteiger partial charge is 0.290 e. The summed E-state index contributed by atoms with van der Waals surface area (Å²) in [6.45, 7) is 2.98. The number of nitrogens with one attached hydrogen (secondary N) is 1. The number of ether oxygens (including phenoxy) is 1. The third-order valence-corrected chi connectivity index (χ3v) is 5.74. The van der Waals surface area contributed by atoms with Crippen LogP contribution in [0.2, 0.25) is 5.02 Å². The van der Waals surface area contributed by atoms with E-state index >= 15 is 0 Å². The van der Waals surface area contributed by atoms with E-state index in [0.717, 1.165) is 32.4 Å². The lowest BCUT2D eigenvalue weighted by atomic mass is 10.0. The molecule has 0 aliphatic carbocycles. The SMILES string of the molecule is C[C@@H](Oc1ccc2c(-c3ccc(F)cc3Cl)c[nH]c(=O)c2c1)C(=O)N1CCCCC1.O=CO. The molecule has 0 radical (unpaired) electrons. The maximum absolute atomic E-state index is 13.4. The Kier molecular flexibility index (Phi) is 8.06. The number of hydrogen-bond donors (Lipinski definition) is 2. The van der Waals surface area contributed by atoms with Gasteiger partial charge in [0.2, 0.25) is 0 Å². The fourth-order valence-corrected chi connectivity index (χ4v) is 4.14. The highest BCUT2D eigenvalue weighted by Gasteiger charge is 2.23. The number of pyridine rings is 1. The summed E-state index contributed by atoms with van der Waals surface area (Å²) in [5.41, 5.74) is 1.01. The van der Waals surface area contributed by atoms with Crippen LogP contribution in [0, 0.1) is 5.82 Å². The van der Waals surface area contributed by atoms with Crippen molar-refractivity contribution in [2.75, 3.05) is 13.1 Å². The zero-order chi connectivity index (χ0) is 24.0. The molecular formula is C24H24ClFN2O5. The van der Waals surface area contributed by atoms with Crippen molar-refractivity contribution < 1.29 is 23.8 Å². The number of amides is 1. The lowest BCUT2D eigenvalue weighted by Crippen LogP contribution is -2.43. The van der Waals surface area contributed by atoms with Crippen LogP contribution in [-0.2, 0) is 9.59 Å². The number of H-pyrrole nitrogens is 1. The van der Waals surface area contributed by atoms with Crippen LogP contribution in [0.4, 0.5) is 4.39 Å². The quantitative estimate of drug-likeness (QED) is 0.543. The molecule has 2 aromatic carbocycles. The van der Waals surface area contributed by atoms with Gasteiger partial charge in [0.15, 0.2) is 6.10 Å². The van der Waals surface area contributed by atoms with Gasteiger partial charge in [0.1, 0.15) is 11.6 Å². The van der Waals surface area contributed by atoms with Crippen LogP contribution in [0.15, 0.2) is 47.4 Å². The number of rotatable bonds is 4. The summed E-state index contributed by atoms with van der Waals surface area (Å²) in [6.07, 6.45) is 4.09. The second kappa shape index (κ2) is 11.0. The minimum atomic E-state index is -0.644. The van der Waals surface area contributed by atoms with Gasteiger partial charge in [0.05, 0.1) is 10.4 Å². The molecule has 1 aliphatic rings. The number of aromatic nitrogens is 1. The van der Waals surface area contributed by atoms with E-state index < -0.39 is 11.9 Å². The maximum Gasteiger partial charge on any atom is 0.290 e. The highest BCUT2D eigenvalue weighted by atomic mass is 35.5. The Hall–Kier alpha value is -3.39. The molecule has 2 heterocycles. The Morgan fingerprint density at radius 2 is 1.85 bits per heavy atom. The zero-order valence-corrected chi connectivity index (χ0v) is 18.8. The average Bonchev–Trinajstić information content (AvgIpc) is 2.81. The molecular weight excluding hydrogens is 451 g/mol. The van der Waals surface area contributed by atoms with Crippen LogP contribution in [-0.4, -0.2) is 46.6 Å². The first-order valence-corrected chi connectivity index (χ1v) is 10.9. The van der Waals surface area contributed by atoms with E-state index in [0.29, 0.717) is 27.6 Å². The number of piperidine rings is 1. The van der Waals surface area contributed by atoms with Crippen LogP contribution < -0.4 is 10.3 Å². The lowest BCUT2D eigenvalue weighted by Gasteiger charge is -2.29. The second-order valence-corrected chi connectivity index (χ2v) is 8.02. The Balaban J connectivity index is 0.000000968. The highest BCUT2D eigenvalue weighted by Crippen LogP contribution is 2.33. The number of halogens is 2. The average molecular weight is 475 g/mol. The highest BCUT2D eigenvalue weighted by molar-refractivity contribution is 6.33. The second-order valence-electron chi connectivity index (χ2n) is 7.61. The Morgan fingerprint density at radius 1 is 1.15 bits per heavy atom. The molecule has 174 valence electrons. The fourth-order valence-electron chi connectivity index (χ4n) is 3.87. The van der Waals surface area contributed by atoms with Crippen LogP contribution >= 0.6 is 11.6 Å². The molecule has 1 aliphatic heterocycles. The summed E-state index contributed by atoms with van der Waals surface area (Å²) in [4.78, 5) is 38.0. The van der Waals surface area contributed by atoms with Crippen LogP contribution in [0.5, 0.6) is 5.75 Å². The number of fused-ring (bicyclic) bond motifs is 1. The summed E-state index contributed by atoms with van der Waals surface area (Å²) in [6, 6.07) is 9.24. The van der Waals surface area contributed by atoms with Gasteiger partial charge in [-0.05, 0) is 68.0 Å². The molecule has 7 nitrogen and oxygen atoms in total. The summed E-state index contributed by atoms with van der Waals surface area (Å²) in [5.74, 6) is -0.0377. The summed E-state index contributed by atoms with van der Waals surface area (Å²) in [7, 11) is 0. The number of carbonyl (C=O) groups is 2. The molecule has 0 bridgehead atoms. The van der Waals surface area contributed by atoms with Gasteiger partial charge >= 0.3 is 0 Å². The normalized spacial score (nSPS) is 14.2. The number of hydrogen-bond acceptors (Lipinski definition) is 4. The van der Waals surface area contributed by atoms with E-state index in [1.807, 2.05) is 4.90 Å². The van der Waals surface area contributed by atoms with Gasteiger partial charge in [-0.1, -0.05) is 11.6 Å². The van der Waals surface area contributed by atoms with Gasteiger partial charge in [-0.3, -0.25) is 14.4 Å². The van der Waals surface area contributed by atoms with Crippen molar-refractivity contribution in [3.63, 3.8) is 0 Å². The van der Waals surface area contributed by atoms with E-state index in [1.165, 1.54) is 12.1 Å². The third-order valence-electron chi connectivity index (χ3n) is 5.42. The van der Waals surface area contributed by atoms with Crippen LogP contribution in [0.25, 0.3) is 21.9 Å². The van der Waals surface area contributed by atoms with Crippen molar-refractivity contribution in [1.29, 1.82) is 0 Å². The predicted molar refractivity (Wildman–Crippen MR) is 124 cm³/mol. The van der Waals surface area contributed by atoms with Gasteiger partial charge in [0.25, 0.3) is 17.9 Å². The predicted octanol–water partition coefficient (Wildman–Crippen LogP) is 4.47. The largest absolute Gasteiger partial charge is 0.483 e. The van der Waals surface area contributed by atoms with E-state index in [4.69, 9.17) is 26.2 Å². The molecule has 1 aromatic heterocycles. The van der Waals surface area contributed by atoms with Gasteiger partial charge < -0.3 is 19.7 Å². The van der Waals surface area contributed by atoms with Gasteiger partial charge in [-0.2, -0.15) is 0 Å². The Labute approximate surface area is 194 Å². The van der Waals surface area contributed by atoms with Crippen molar-refractivity contribution in [2.24, 2.45) is 0 Å². The molecule has 33 heavy (non-hydrogen) atoms. The Bertz CT molecular complexity index is 1210. The van der Waals surface area contributed by atoms with Crippen molar-refractivity contribution in [2.45, 2.75) is 32.3 Å². The van der Waals surface area contributed by atoms with Crippen molar-refractivity contribution in [1.82, 2.24) is 9.88 Å². The number of carbonyl (C=O) groups excluding carboxylic acids is 1. The van der Waals surface area contributed by atoms with Gasteiger partial charge in [-0.25, -0.2) is 4.39 Å². The molecule has 3 aromatic rings. The monoisotopic (exact) mass is 474 g/mol. The molecule has 0 spiro atoms. The van der Waals surface area contributed by atoms with Gasteiger partial charge in [-0.15, -0.1) is 0 Å². The number of aromatic amines is 1. The first-order valence-electron chi connectivity index (χ1n) is 10.5. The first-order chi connectivity index (χ1) is 15.8. The lowest BCUT2D eigenvalue weighted by molar-refractivity contribution is -0.138. The number of benzene rings is 2. The molecule has 4 rings (SSSR count). The number of nitrogens with zero attached hydrogens (tertiary/aromatic N) is 1. The first kappa shape index (κ1) is 24.3. The van der Waals surface area contributed by atoms with Crippen molar-refractivity contribution in [3.8, 4) is 16.9 Å². The topological polar surface area (TPSA) is 99.7 Å². The summed E-state index contributed by atoms with van der Waals surface area (Å²) in [5, 5.41) is 8.21. The fraction of sp³-hybridized carbons (Fsp3) is 0.292. The van der Waals surface area contributed by atoms with Crippen LogP contribution in [0.3, 0.4) is 0 Å². The number of carboxylic acid groups (broad SMARTS) is 1. The molecule has 1 fully saturated rings. The standard InChI is InChI=1S/C23H22ClFN2O3.CH2O2/c1-14(23(29)27-9-3-2-4-10-27)30-16-6-8-17-19(12-16)22(28)26-13-20(17)18-7-5-15(25)11-21(18)24;2-1-3/h5-8,11-14H,2-4,9-10H2,1H3,(H,26,28);1H,(H,2,3)/t14-;/m1./s1. The molecule has 9 heteroatoms. The van der Waals surface area contributed by atoms with E-state index in [1.54, 1.807) is 37.4 Å². The molecule has 2 N–H and O–H groups in total. The third kappa shape index (κ3) is 5.70. The van der Waals surface area contributed by atoms with E-state index in [-0.39, 0.29) is 23.0 Å². The van der Waals surface area contributed by atoms with E-state index in [2.05, 4.69) is 4.98 Å². The van der Waals surface area contributed by atoms with Crippen LogP contribution in [0.1, 0.15) is 26.2 Å². The molecule has 0 unspecified atom stereocenters. The minimum absolute atomic E-state index is 0.0458. The maximum atomic E-state index is 13.4. The molecule has 0 saturated carbocycles. The summed E-state index contributed by atoms with van der Waals surface area (Å²) >= 11 is 6.21. The van der Waals surface area contributed by atoms with Crippen molar-refractivity contribution in [3.05, 3.63) is 63.8 Å². The molecule has 1 atom stereocenters. The zero-order valence-electron chi connectivity index (χ0n) is 18.0. The number of likely N-dealkylation sites (tertiary alicyclic amines) is 1. The minimum Gasteiger partial charge on any atom is -0.483 e. The van der Waals surface area contributed by atoms with Crippen molar-refractivity contribution >= 4 is 34.8 Å². The van der Waals surface area contributed by atoms with E-state index in [9.17, 15) is 14.0 Å². The van der Waals surface area contributed by atoms with Gasteiger partial charge in [0, 0.05) is 30.4 Å². The molecule has 1 amide bonds. The molecule has 1 saturated heterocycles. The summed E-state index contributed by atoms with van der Waals surface area (Å²) < 4.78 is 19.3.